The lowest BCUT2D eigenvalue weighted by atomic mass is 9.96. The van der Waals surface area contributed by atoms with Crippen molar-refractivity contribution >= 4 is 22.4 Å². The Hall–Kier alpha value is -2.87. The Morgan fingerprint density at radius 2 is 1.97 bits per heavy atom. The molecule has 1 atom stereocenters. The predicted molar refractivity (Wildman–Crippen MR) is 115 cm³/mol. The van der Waals surface area contributed by atoms with E-state index in [2.05, 4.69) is 27.4 Å². The third-order valence-electron chi connectivity index (χ3n) is 4.57. The second-order valence-electron chi connectivity index (χ2n) is 6.88. The first kappa shape index (κ1) is 19.4. The van der Waals surface area contributed by atoms with Gasteiger partial charge in [0.15, 0.2) is 11.4 Å². The summed E-state index contributed by atoms with van der Waals surface area (Å²) in [4.78, 5) is 14.7. The van der Waals surface area contributed by atoms with Gasteiger partial charge in [-0.15, -0.1) is 11.3 Å². The number of aryl methyl sites for hydroxylation is 1. The monoisotopic (exact) mass is 406 g/mol. The Morgan fingerprint density at radius 1 is 1.14 bits per heavy atom. The lowest BCUT2D eigenvalue weighted by molar-refractivity contribution is -0.0377. The van der Waals surface area contributed by atoms with Crippen LogP contribution in [0, 0.1) is 6.92 Å². The molecule has 29 heavy (non-hydrogen) atoms. The molecule has 0 fully saturated rings. The van der Waals surface area contributed by atoms with Crippen LogP contribution in [0.2, 0.25) is 0 Å². The molecular weight excluding hydrogens is 384 g/mol. The smallest absolute Gasteiger partial charge is 0.229 e. The van der Waals surface area contributed by atoms with Crippen LogP contribution in [0.3, 0.4) is 0 Å². The minimum atomic E-state index is -1.41. The van der Waals surface area contributed by atoms with Gasteiger partial charge in [0.2, 0.25) is 5.95 Å². The van der Waals surface area contributed by atoms with Crippen LogP contribution in [0.25, 0.3) is 11.3 Å². The number of hydrogen-bond donors (Lipinski definition) is 3. The molecular formula is C22H22N4O2S. The highest BCUT2D eigenvalue weighted by Gasteiger charge is 2.21. The molecule has 0 spiro atoms. The molecule has 2 heterocycles. The van der Waals surface area contributed by atoms with E-state index in [0.29, 0.717) is 11.1 Å². The summed E-state index contributed by atoms with van der Waals surface area (Å²) < 4.78 is 0. The van der Waals surface area contributed by atoms with Crippen molar-refractivity contribution in [3.63, 3.8) is 0 Å². The van der Waals surface area contributed by atoms with E-state index in [-0.39, 0.29) is 12.3 Å². The molecule has 1 aliphatic rings. The van der Waals surface area contributed by atoms with Crippen molar-refractivity contribution in [1.82, 2.24) is 15.0 Å². The highest BCUT2D eigenvalue weighted by molar-refractivity contribution is 7.15. The fraction of sp³-hybridized carbons (Fsp3) is 0.227. The zero-order valence-corrected chi connectivity index (χ0v) is 16.8. The molecule has 3 aromatic rings. The number of aliphatic hydroxyl groups is 2. The Kier molecular flexibility index (Phi) is 5.80. The van der Waals surface area contributed by atoms with Crippen LogP contribution in [0.5, 0.6) is 0 Å². The Balaban J connectivity index is 1.64. The van der Waals surface area contributed by atoms with Crippen molar-refractivity contribution in [2.45, 2.75) is 32.0 Å². The van der Waals surface area contributed by atoms with Gasteiger partial charge in [-0.1, -0.05) is 54.6 Å². The van der Waals surface area contributed by atoms with Crippen LogP contribution in [-0.2, 0) is 6.42 Å². The number of thiazole rings is 1. The van der Waals surface area contributed by atoms with Crippen molar-refractivity contribution in [2.75, 3.05) is 5.32 Å². The van der Waals surface area contributed by atoms with Crippen molar-refractivity contribution in [3.8, 4) is 11.3 Å². The lowest BCUT2D eigenvalue weighted by Crippen LogP contribution is -2.10. The van der Waals surface area contributed by atoms with E-state index in [1.165, 1.54) is 11.3 Å². The number of hydrogen-bond acceptors (Lipinski definition) is 7. The van der Waals surface area contributed by atoms with Gasteiger partial charge in [-0.25, -0.2) is 15.0 Å². The number of nitrogens with zero attached hydrogens (tertiary/aromatic N) is 3. The zero-order valence-electron chi connectivity index (χ0n) is 16.0. The van der Waals surface area contributed by atoms with Gasteiger partial charge in [0.25, 0.3) is 0 Å². The number of nitrogens with one attached hydrogen (secondary N) is 1. The molecule has 0 aliphatic heterocycles. The van der Waals surface area contributed by atoms with Gasteiger partial charge in [0.1, 0.15) is 0 Å². The standard InChI is InChI=1S/C22H22N4O2S/c1-14-12-17(15-8-4-2-5-9-15)24-21(23-14)26-22-25-20(16-10-6-3-7-11-16)18(29-22)13-19(27)28/h2-10,12,16,19,27-28H,11,13H2,1H3,(H,23,24,25,26). The van der Waals surface area contributed by atoms with Crippen LogP contribution < -0.4 is 5.32 Å². The van der Waals surface area contributed by atoms with Gasteiger partial charge in [0, 0.05) is 28.5 Å². The van der Waals surface area contributed by atoms with Crippen molar-refractivity contribution < 1.29 is 10.2 Å². The van der Waals surface area contributed by atoms with Crippen LogP contribution >= 0.6 is 11.3 Å². The molecule has 0 saturated heterocycles. The quantitative estimate of drug-likeness (QED) is 0.534. The van der Waals surface area contributed by atoms with E-state index >= 15 is 0 Å². The molecule has 4 rings (SSSR count). The molecule has 6 nitrogen and oxygen atoms in total. The van der Waals surface area contributed by atoms with Crippen molar-refractivity contribution in [3.05, 3.63) is 77.0 Å². The fourth-order valence-corrected chi connectivity index (χ4v) is 4.33. The molecule has 3 N–H and O–H groups in total. The van der Waals surface area contributed by atoms with Gasteiger partial charge >= 0.3 is 0 Å². The SMILES string of the molecule is Cc1cc(-c2ccccc2)nc(Nc2nc(C3C=CC=CC3)c(CC(O)O)s2)n1. The number of aliphatic hydroxyl groups excluding tert-OH is 1. The van der Waals surface area contributed by atoms with Gasteiger partial charge in [-0.05, 0) is 19.4 Å². The molecule has 1 unspecified atom stereocenters. The van der Waals surface area contributed by atoms with E-state index in [4.69, 9.17) is 4.98 Å². The average Bonchev–Trinajstić information content (AvgIpc) is 3.10. The summed E-state index contributed by atoms with van der Waals surface area (Å²) in [6.07, 6.45) is 7.75. The minimum absolute atomic E-state index is 0.124. The highest BCUT2D eigenvalue weighted by Crippen LogP contribution is 2.34. The van der Waals surface area contributed by atoms with Crippen LogP contribution in [0.15, 0.2) is 60.7 Å². The van der Waals surface area contributed by atoms with Gasteiger partial charge < -0.3 is 15.5 Å². The second-order valence-corrected chi connectivity index (χ2v) is 7.96. The first-order valence-electron chi connectivity index (χ1n) is 9.45. The number of aromatic nitrogens is 3. The summed E-state index contributed by atoms with van der Waals surface area (Å²) in [5.41, 5.74) is 3.57. The number of anilines is 2. The molecule has 148 valence electrons. The lowest BCUT2D eigenvalue weighted by Gasteiger charge is -2.12. The molecule has 0 amide bonds. The summed E-state index contributed by atoms with van der Waals surface area (Å²) in [6.45, 7) is 1.93. The van der Waals surface area contributed by atoms with Gasteiger partial charge in [0.05, 0.1) is 11.4 Å². The molecule has 1 aromatic carbocycles. The third-order valence-corrected chi connectivity index (χ3v) is 5.58. The molecule has 0 saturated carbocycles. The molecule has 0 bridgehead atoms. The molecule has 2 aromatic heterocycles. The van der Waals surface area contributed by atoms with E-state index < -0.39 is 6.29 Å². The minimum Gasteiger partial charge on any atom is -0.368 e. The Morgan fingerprint density at radius 3 is 2.69 bits per heavy atom. The van der Waals surface area contributed by atoms with E-state index in [0.717, 1.165) is 33.9 Å². The fourth-order valence-electron chi connectivity index (χ4n) is 3.28. The van der Waals surface area contributed by atoms with Crippen LogP contribution in [0.1, 0.15) is 28.6 Å². The van der Waals surface area contributed by atoms with Gasteiger partial charge in [-0.2, -0.15) is 0 Å². The Labute approximate surface area is 173 Å². The summed E-state index contributed by atoms with van der Waals surface area (Å²) in [7, 11) is 0. The maximum atomic E-state index is 9.48. The average molecular weight is 407 g/mol. The van der Waals surface area contributed by atoms with Crippen molar-refractivity contribution in [1.29, 1.82) is 0 Å². The normalized spacial score (nSPS) is 15.8. The summed E-state index contributed by atoms with van der Waals surface area (Å²) in [6, 6.07) is 11.9. The summed E-state index contributed by atoms with van der Waals surface area (Å²) >= 11 is 1.40. The van der Waals surface area contributed by atoms with Crippen molar-refractivity contribution in [2.24, 2.45) is 0 Å². The third kappa shape index (κ3) is 4.76. The van der Waals surface area contributed by atoms with Gasteiger partial charge in [-0.3, -0.25) is 0 Å². The Bertz CT molecular complexity index is 1040. The molecule has 1 aliphatic carbocycles. The topological polar surface area (TPSA) is 91.2 Å². The molecule has 0 radical (unpaired) electrons. The highest BCUT2D eigenvalue weighted by atomic mass is 32.1. The largest absolute Gasteiger partial charge is 0.368 e. The van der Waals surface area contributed by atoms with E-state index in [1.807, 2.05) is 55.5 Å². The zero-order chi connectivity index (χ0) is 20.2. The number of rotatable bonds is 6. The van der Waals surface area contributed by atoms with Crippen LogP contribution in [-0.4, -0.2) is 31.5 Å². The summed E-state index contributed by atoms with van der Waals surface area (Å²) in [5.74, 6) is 0.596. The first-order chi connectivity index (χ1) is 14.1. The maximum Gasteiger partial charge on any atom is 0.229 e. The van der Waals surface area contributed by atoms with Crippen LogP contribution in [0.4, 0.5) is 11.1 Å². The molecule has 7 heteroatoms. The number of allylic oxidation sites excluding steroid dienone is 4. The van der Waals surface area contributed by atoms with E-state index in [1.54, 1.807) is 0 Å². The second kappa shape index (κ2) is 8.65. The number of benzene rings is 1. The first-order valence-corrected chi connectivity index (χ1v) is 10.3. The van der Waals surface area contributed by atoms with E-state index in [9.17, 15) is 10.2 Å². The maximum absolute atomic E-state index is 9.48. The predicted octanol–water partition coefficient (Wildman–Crippen LogP) is 4.11. The summed E-state index contributed by atoms with van der Waals surface area (Å²) in [5, 5.41) is 22.8.